The highest BCUT2D eigenvalue weighted by atomic mass is 16.5. The first-order valence-electron chi connectivity index (χ1n) is 10.8. The third-order valence-electron chi connectivity index (χ3n) is 5.74. The van der Waals surface area contributed by atoms with Gasteiger partial charge >= 0.3 is 0 Å². The summed E-state index contributed by atoms with van der Waals surface area (Å²) in [6.45, 7) is 4.28. The highest BCUT2D eigenvalue weighted by molar-refractivity contribution is 5.97. The van der Waals surface area contributed by atoms with Crippen LogP contribution in [0.3, 0.4) is 0 Å². The minimum Gasteiger partial charge on any atom is -0.471 e. The summed E-state index contributed by atoms with van der Waals surface area (Å²) in [6, 6.07) is 14.3. The SMILES string of the molecule is CCC(=O)N1CCN(C(=O)c2cccc(COC3=NNC(C=O)c4ccccc43)c2)CC1. The number of ether oxygens (including phenoxy) is 1. The lowest BCUT2D eigenvalue weighted by molar-refractivity contribution is -0.132. The van der Waals surface area contributed by atoms with E-state index < -0.39 is 6.04 Å². The number of nitrogens with zero attached hydrogens (tertiary/aromatic N) is 3. The quantitative estimate of drug-likeness (QED) is 0.728. The number of benzene rings is 2. The Balaban J connectivity index is 1.40. The predicted octanol–water partition coefficient (Wildman–Crippen LogP) is 2.10. The molecule has 0 saturated carbocycles. The lowest BCUT2D eigenvalue weighted by Gasteiger charge is -2.34. The van der Waals surface area contributed by atoms with Gasteiger partial charge in [-0.15, -0.1) is 5.10 Å². The van der Waals surface area contributed by atoms with Crippen LogP contribution in [-0.4, -0.2) is 60.0 Å². The fourth-order valence-electron chi connectivity index (χ4n) is 3.95. The van der Waals surface area contributed by atoms with Crippen LogP contribution in [0, 0.1) is 0 Å². The van der Waals surface area contributed by atoms with E-state index in [2.05, 4.69) is 10.5 Å². The van der Waals surface area contributed by atoms with Crippen molar-refractivity contribution in [2.24, 2.45) is 5.10 Å². The summed E-state index contributed by atoms with van der Waals surface area (Å²) in [5.41, 5.74) is 5.83. The van der Waals surface area contributed by atoms with Gasteiger partial charge in [0, 0.05) is 43.7 Å². The molecule has 0 aliphatic carbocycles. The molecule has 0 bridgehead atoms. The number of carbonyl (C=O) groups excluding carboxylic acids is 3. The third-order valence-corrected chi connectivity index (χ3v) is 5.74. The van der Waals surface area contributed by atoms with Gasteiger partial charge in [-0.25, -0.2) is 0 Å². The summed E-state index contributed by atoms with van der Waals surface area (Å²) in [5, 5.41) is 4.20. The van der Waals surface area contributed by atoms with Crippen molar-refractivity contribution in [2.45, 2.75) is 26.0 Å². The highest BCUT2D eigenvalue weighted by Crippen LogP contribution is 2.22. The molecule has 0 aromatic heterocycles. The second kappa shape index (κ2) is 9.64. The minimum absolute atomic E-state index is 0.0497. The van der Waals surface area contributed by atoms with Gasteiger partial charge in [-0.2, -0.15) is 0 Å². The van der Waals surface area contributed by atoms with E-state index in [0.717, 1.165) is 23.0 Å². The smallest absolute Gasteiger partial charge is 0.253 e. The zero-order chi connectivity index (χ0) is 22.5. The molecule has 166 valence electrons. The average molecular weight is 434 g/mol. The molecule has 1 N–H and O–H groups in total. The highest BCUT2D eigenvalue weighted by Gasteiger charge is 2.25. The fraction of sp³-hybridized carbons (Fsp3) is 0.333. The number of hydrazone groups is 1. The molecule has 4 rings (SSSR count). The number of rotatable bonds is 5. The summed E-state index contributed by atoms with van der Waals surface area (Å²) in [6.07, 6.45) is 1.29. The van der Waals surface area contributed by atoms with Crippen LogP contribution in [0.1, 0.15) is 46.4 Å². The van der Waals surface area contributed by atoms with Crippen molar-refractivity contribution in [1.82, 2.24) is 15.2 Å². The van der Waals surface area contributed by atoms with E-state index in [1.54, 1.807) is 15.9 Å². The van der Waals surface area contributed by atoms with Crippen LogP contribution in [-0.2, 0) is 20.9 Å². The van der Waals surface area contributed by atoms with Crippen LogP contribution in [0.4, 0.5) is 0 Å². The summed E-state index contributed by atoms with van der Waals surface area (Å²) < 4.78 is 5.92. The molecule has 8 nitrogen and oxygen atoms in total. The lowest BCUT2D eigenvalue weighted by Crippen LogP contribution is -2.50. The van der Waals surface area contributed by atoms with Gasteiger partial charge in [0.1, 0.15) is 18.9 Å². The molecule has 0 spiro atoms. The Morgan fingerprint density at radius 2 is 1.84 bits per heavy atom. The maximum absolute atomic E-state index is 13.0. The van der Waals surface area contributed by atoms with Gasteiger partial charge in [0.2, 0.25) is 11.8 Å². The van der Waals surface area contributed by atoms with Gasteiger partial charge in [-0.05, 0) is 29.3 Å². The largest absolute Gasteiger partial charge is 0.471 e. The first-order valence-corrected chi connectivity index (χ1v) is 10.8. The molecule has 0 radical (unpaired) electrons. The Labute approximate surface area is 186 Å². The third kappa shape index (κ3) is 4.49. The Hall–Kier alpha value is -3.68. The number of carbonyl (C=O) groups is 3. The molecule has 1 fully saturated rings. The maximum atomic E-state index is 13.0. The molecule has 1 saturated heterocycles. The van der Waals surface area contributed by atoms with Crippen LogP contribution in [0.2, 0.25) is 0 Å². The molecular weight excluding hydrogens is 408 g/mol. The molecule has 8 heteroatoms. The monoisotopic (exact) mass is 434 g/mol. The van der Waals surface area contributed by atoms with E-state index in [4.69, 9.17) is 4.74 Å². The van der Waals surface area contributed by atoms with Gasteiger partial charge in [-0.3, -0.25) is 15.0 Å². The fourth-order valence-corrected chi connectivity index (χ4v) is 3.95. The Morgan fingerprint density at radius 1 is 1.09 bits per heavy atom. The number of hydrogen-bond donors (Lipinski definition) is 1. The van der Waals surface area contributed by atoms with Gasteiger partial charge in [-0.1, -0.05) is 37.3 Å². The molecule has 2 amide bonds. The van der Waals surface area contributed by atoms with Gasteiger partial charge in [0.25, 0.3) is 5.91 Å². The molecule has 2 aromatic rings. The second-order valence-electron chi connectivity index (χ2n) is 7.76. The average Bonchev–Trinajstić information content (AvgIpc) is 2.86. The van der Waals surface area contributed by atoms with E-state index in [-0.39, 0.29) is 18.4 Å². The van der Waals surface area contributed by atoms with Crippen LogP contribution >= 0.6 is 0 Å². The van der Waals surface area contributed by atoms with Crippen molar-refractivity contribution >= 4 is 24.0 Å². The normalized spacial score (nSPS) is 17.7. The Morgan fingerprint density at radius 3 is 2.59 bits per heavy atom. The maximum Gasteiger partial charge on any atom is 0.253 e. The lowest BCUT2D eigenvalue weighted by atomic mass is 10.0. The Kier molecular flexibility index (Phi) is 6.49. The summed E-state index contributed by atoms with van der Waals surface area (Å²) >= 11 is 0. The summed E-state index contributed by atoms with van der Waals surface area (Å²) in [4.78, 5) is 39.7. The van der Waals surface area contributed by atoms with E-state index in [0.29, 0.717) is 44.1 Å². The zero-order valence-electron chi connectivity index (χ0n) is 18.0. The van der Waals surface area contributed by atoms with Crippen molar-refractivity contribution in [3.8, 4) is 0 Å². The standard InChI is InChI=1S/C24H26N4O4/c1-2-22(30)27-10-12-28(13-11-27)24(31)18-7-5-6-17(14-18)16-32-23-20-9-4-3-8-19(20)21(15-29)25-26-23/h3-9,14-15,21,25H,2,10-13,16H2,1H3. The number of piperazine rings is 1. The molecule has 1 unspecified atom stereocenters. The van der Waals surface area contributed by atoms with Crippen LogP contribution in [0.15, 0.2) is 53.6 Å². The van der Waals surface area contributed by atoms with Crippen molar-refractivity contribution < 1.29 is 19.1 Å². The van der Waals surface area contributed by atoms with E-state index in [1.165, 1.54) is 0 Å². The molecule has 2 aliphatic heterocycles. The first kappa shape index (κ1) is 21.5. The number of nitrogens with one attached hydrogen (secondary N) is 1. The van der Waals surface area contributed by atoms with Crippen LogP contribution in [0.25, 0.3) is 0 Å². The number of amides is 2. The summed E-state index contributed by atoms with van der Waals surface area (Å²) in [7, 11) is 0. The van der Waals surface area contributed by atoms with Gasteiger partial charge < -0.3 is 19.3 Å². The topological polar surface area (TPSA) is 91.3 Å². The van der Waals surface area contributed by atoms with Crippen LogP contribution in [0.5, 0.6) is 0 Å². The molecule has 2 aliphatic rings. The Bertz CT molecular complexity index is 1040. The van der Waals surface area contributed by atoms with Crippen molar-refractivity contribution in [2.75, 3.05) is 26.2 Å². The minimum atomic E-state index is -0.493. The van der Waals surface area contributed by atoms with Crippen molar-refractivity contribution in [3.05, 3.63) is 70.8 Å². The molecular formula is C24H26N4O4. The van der Waals surface area contributed by atoms with E-state index in [9.17, 15) is 14.4 Å². The van der Waals surface area contributed by atoms with Gasteiger partial charge in [0.15, 0.2) is 0 Å². The second-order valence-corrected chi connectivity index (χ2v) is 7.76. The number of fused-ring (bicyclic) bond motifs is 1. The number of aldehydes is 1. The molecule has 1 atom stereocenters. The number of hydrogen-bond acceptors (Lipinski definition) is 6. The zero-order valence-corrected chi connectivity index (χ0v) is 18.0. The molecule has 2 heterocycles. The molecule has 32 heavy (non-hydrogen) atoms. The van der Waals surface area contributed by atoms with Gasteiger partial charge in [0.05, 0.1) is 0 Å². The van der Waals surface area contributed by atoms with Crippen molar-refractivity contribution in [3.63, 3.8) is 0 Å². The van der Waals surface area contributed by atoms with E-state index >= 15 is 0 Å². The molecule has 2 aromatic carbocycles. The first-order chi connectivity index (χ1) is 15.6. The van der Waals surface area contributed by atoms with Crippen LogP contribution < -0.4 is 5.43 Å². The van der Waals surface area contributed by atoms with Crippen molar-refractivity contribution in [1.29, 1.82) is 0 Å². The predicted molar refractivity (Wildman–Crippen MR) is 119 cm³/mol. The van der Waals surface area contributed by atoms with E-state index in [1.807, 2.05) is 49.4 Å². The summed E-state index contributed by atoms with van der Waals surface area (Å²) in [5.74, 6) is 0.482.